The van der Waals surface area contributed by atoms with Crippen LogP contribution < -0.4 is 11.1 Å². The predicted molar refractivity (Wildman–Crippen MR) is 130 cm³/mol. The molecular weight excluding hydrogens is 443 g/mol. The summed E-state index contributed by atoms with van der Waals surface area (Å²) in [5.41, 5.74) is 9.27. The van der Waals surface area contributed by atoms with Gasteiger partial charge in [0.15, 0.2) is 0 Å². The highest BCUT2D eigenvalue weighted by molar-refractivity contribution is 5.96. The minimum atomic E-state index is -0.928. The van der Waals surface area contributed by atoms with Crippen LogP contribution in [0.5, 0.6) is 0 Å². The van der Waals surface area contributed by atoms with Gasteiger partial charge in [0.1, 0.15) is 5.82 Å². The van der Waals surface area contributed by atoms with Gasteiger partial charge in [-0.3, -0.25) is 9.59 Å². The van der Waals surface area contributed by atoms with Crippen molar-refractivity contribution in [1.29, 1.82) is 0 Å². The van der Waals surface area contributed by atoms with Crippen molar-refractivity contribution >= 4 is 22.7 Å². The number of rotatable bonds is 5. The van der Waals surface area contributed by atoms with Gasteiger partial charge in [0.2, 0.25) is 11.8 Å². The van der Waals surface area contributed by atoms with E-state index in [1.165, 1.54) is 12.1 Å². The van der Waals surface area contributed by atoms with E-state index in [1.54, 1.807) is 23.0 Å². The van der Waals surface area contributed by atoms with Crippen LogP contribution in [0.15, 0.2) is 72.9 Å². The monoisotopic (exact) mass is 468 g/mol. The molecule has 2 fully saturated rings. The Kier molecular flexibility index (Phi) is 4.61. The Hall–Kier alpha value is -4.00. The highest BCUT2D eigenvalue weighted by atomic mass is 19.1. The summed E-state index contributed by atoms with van der Waals surface area (Å²) in [5.74, 6) is -0.729. The molecule has 2 amide bonds. The van der Waals surface area contributed by atoms with Crippen LogP contribution in [0.3, 0.4) is 0 Å². The highest BCUT2D eigenvalue weighted by Gasteiger charge is 2.76. The number of fused-ring (bicyclic) bond motifs is 1. The molecule has 0 spiro atoms. The summed E-state index contributed by atoms with van der Waals surface area (Å²) in [6, 6.07) is 20.1. The second-order valence-corrected chi connectivity index (χ2v) is 9.74. The molecule has 176 valence electrons. The summed E-state index contributed by atoms with van der Waals surface area (Å²) in [7, 11) is 0. The topological polar surface area (TPSA) is 90.0 Å². The van der Waals surface area contributed by atoms with Crippen LogP contribution in [-0.2, 0) is 20.4 Å². The van der Waals surface area contributed by atoms with E-state index < -0.39 is 10.8 Å². The van der Waals surface area contributed by atoms with E-state index in [4.69, 9.17) is 5.73 Å². The second kappa shape index (κ2) is 7.50. The molecule has 35 heavy (non-hydrogen) atoms. The van der Waals surface area contributed by atoms with Gasteiger partial charge in [-0.2, -0.15) is 5.10 Å². The van der Waals surface area contributed by atoms with Crippen LogP contribution in [0, 0.1) is 18.7 Å². The Labute approximate surface area is 201 Å². The van der Waals surface area contributed by atoms with Crippen molar-refractivity contribution in [1.82, 2.24) is 15.1 Å². The molecule has 0 bridgehead atoms. The quantitative estimate of drug-likeness (QED) is 0.468. The number of aryl methyl sites for hydroxylation is 1. The van der Waals surface area contributed by atoms with Gasteiger partial charge >= 0.3 is 0 Å². The number of nitrogens with zero attached hydrogens (tertiary/aromatic N) is 2. The maximum absolute atomic E-state index is 13.4. The fourth-order valence-corrected chi connectivity index (χ4v) is 6.33. The van der Waals surface area contributed by atoms with Crippen LogP contribution in [0.1, 0.15) is 29.5 Å². The molecule has 2 aliphatic rings. The van der Waals surface area contributed by atoms with Crippen LogP contribution in [-0.4, -0.2) is 28.1 Å². The average Bonchev–Trinajstić information content (AvgIpc) is 3.11. The zero-order chi connectivity index (χ0) is 24.4. The standard InChI is InChI=1S/C28H25FN4O2/c1-17-4-2-3-5-23(17)27(20-13-25(34)31-15-20)16-28(27,26(30)35)19-6-11-24-18(12-19)14-32-33(24)22-9-7-21(29)8-10-22/h2-12,14,20H,13,15-16H2,1H3,(H2,30,35)(H,31,34). The van der Waals surface area contributed by atoms with E-state index >= 15 is 0 Å². The third kappa shape index (κ3) is 2.97. The molecule has 2 heterocycles. The van der Waals surface area contributed by atoms with Crippen LogP contribution in [0.2, 0.25) is 0 Å². The SMILES string of the molecule is Cc1ccccc1C1(C2CNC(=O)C2)CC1(C(N)=O)c1ccc2c(cnn2-c2ccc(F)cc2)c1. The Morgan fingerprint density at radius 2 is 1.91 bits per heavy atom. The molecule has 1 saturated carbocycles. The van der Waals surface area contributed by atoms with Crippen molar-refractivity contribution in [3.63, 3.8) is 0 Å². The number of nitrogens with one attached hydrogen (secondary N) is 1. The van der Waals surface area contributed by atoms with Crippen molar-refractivity contribution in [2.24, 2.45) is 11.7 Å². The summed E-state index contributed by atoms with van der Waals surface area (Å²) < 4.78 is 15.1. The molecule has 1 aromatic heterocycles. The third-order valence-electron chi connectivity index (χ3n) is 8.03. The van der Waals surface area contributed by atoms with Crippen molar-refractivity contribution < 1.29 is 14.0 Å². The first kappa shape index (κ1) is 21.5. The molecule has 4 aromatic rings. The third-order valence-corrected chi connectivity index (χ3v) is 8.03. The van der Waals surface area contributed by atoms with Crippen molar-refractivity contribution in [2.75, 3.05) is 6.54 Å². The number of hydrogen-bond acceptors (Lipinski definition) is 3. The van der Waals surface area contributed by atoms with Gasteiger partial charge in [0.05, 0.1) is 22.8 Å². The number of carbonyl (C=O) groups is 2. The van der Waals surface area contributed by atoms with Gasteiger partial charge in [-0.15, -0.1) is 0 Å². The lowest BCUT2D eigenvalue weighted by Crippen LogP contribution is -2.40. The van der Waals surface area contributed by atoms with Gasteiger partial charge < -0.3 is 11.1 Å². The highest BCUT2D eigenvalue weighted by Crippen LogP contribution is 2.70. The number of amides is 2. The lowest BCUT2D eigenvalue weighted by Gasteiger charge is -2.31. The van der Waals surface area contributed by atoms with E-state index in [0.29, 0.717) is 19.4 Å². The van der Waals surface area contributed by atoms with Gasteiger partial charge in [0.25, 0.3) is 0 Å². The predicted octanol–water partition coefficient (Wildman–Crippen LogP) is 3.67. The minimum Gasteiger partial charge on any atom is -0.369 e. The first-order valence-corrected chi connectivity index (χ1v) is 11.7. The van der Waals surface area contributed by atoms with Gasteiger partial charge in [-0.25, -0.2) is 9.07 Å². The van der Waals surface area contributed by atoms with Crippen LogP contribution >= 0.6 is 0 Å². The minimum absolute atomic E-state index is 0.00394. The number of hydrogen-bond donors (Lipinski definition) is 2. The van der Waals surface area contributed by atoms with Crippen LogP contribution in [0.4, 0.5) is 4.39 Å². The summed E-state index contributed by atoms with van der Waals surface area (Å²) >= 11 is 0. The van der Waals surface area contributed by atoms with E-state index in [0.717, 1.165) is 33.3 Å². The Balaban J connectivity index is 1.50. The summed E-state index contributed by atoms with van der Waals surface area (Å²) in [5, 5.41) is 8.32. The smallest absolute Gasteiger partial charge is 0.229 e. The number of halogens is 1. The fourth-order valence-electron chi connectivity index (χ4n) is 6.33. The van der Waals surface area contributed by atoms with Crippen molar-refractivity contribution in [2.45, 2.75) is 30.6 Å². The molecule has 3 aromatic carbocycles. The Morgan fingerprint density at radius 3 is 2.60 bits per heavy atom. The molecular formula is C28H25FN4O2. The Morgan fingerprint density at radius 1 is 1.14 bits per heavy atom. The average molecular weight is 469 g/mol. The van der Waals surface area contributed by atoms with Gasteiger partial charge in [-0.1, -0.05) is 30.3 Å². The molecule has 0 radical (unpaired) electrons. The molecule has 3 unspecified atom stereocenters. The van der Waals surface area contributed by atoms with E-state index in [2.05, 4.69) is 16.5 Å². The number of benzene rings is 3. The number of nitrogens with two attached hydrogens (primary N) is 1. The molecule has 1 aliphatic carbocycles. The van der Waals surface area contributed by atoms with E-state index in [-0.39, 0.29) is 23.5 Å². The number of primary amides is 1. The maximum atomic E-state index is 13.4. The molecule has 1 saturated heterocycles. The van der Waals surface area contributed by atoms with Crippen molar-refractivity contribution in [3.05, 3.63) is 95.4 Å². The van der Waals surface area contributed by atoms with Crippen LogP contribution in [0.25, 0.3) is 16.6 Å². The Bertz CT molecular complexity index is 1490. The second-order valence-electron chi connectivity index (χ2n) is 9.74. The molecule has 7 heteroatoms. The maximum Gasteiger partial charge on any atom is 0.229 e. The zero-order valence-electron chi connectivity index (χ0n) is 19.3. The van der Waals surface area contributed by atoms with E-state index in [1.807, 2.05) is 43.3 Å². The molecule has 6 nitrogen and oxygen atoms in total. The number of aromatic nitrogens is 2. The van der Waals surface area contributed by atoms with Crippen molar-refractivity contribution in [3.8, 4) is 5.69 Å². The first-order chi connectivity index (χ1) is 16.9. The molecule has 6 rings (SSSR count). The molecule has 3 N–H and O–H groups in total. The zero-order valence-corrected chi connectivity index (χ0v) is 19.3. The summed E-state index contributed by atoms with van der Waals surface area (Å²) in [4.78, 5) is 25.5. The molecule has 1 aliphatic heterocycles. The first-order valence-electron chi connectivity index (χ1n) is 11.7. The summed E-state index contributed by atoms with van der Waals surface area (Å²) in [6.07, 6.45) is 2.67. The lowest BCUT2D eigenvalue weighted by molar-refractivity contribution is -0.122. The van der Waals surface area contributed by atoms with Gasteiger partial charge in [-0.05, 0) is 72.4 Å². The fraction of sp³-hybridized carbons (Fsp3) is 0.250. The van der Waals surface area contributed by atoms with E-state index in [9.17, 15) is 14.0 Å². The van der Waals surface area contributed by atoms with Gasteiger partial charge in [0, 0.05) is 23.8 Å². The molecule has 3 atom stereocenters. The lowest BCUT2D eigenvalue weighted by atomic mass is 9.71. The summed E-state index contributed by atoms with van der Waals surface area (Å²) in [6.45, 7) is 2.56. The number of carbonyl (C=O) groups excluding carboxylic acids is 2. The normalized spacial score (nSPS) is 25.5. The largest absolute Gasteiger partial charge is 0.369 e.